The largest absolute Gasteiger partial charge is 0.425 e. The van der Waals surface area contributed by atoms with Gasteiger partial charge in [-0.05, 0) is 0 Å². The lowest BCUT2D eigenvalue weighted by Crippen LogP contribution is -2.21. The molecule has 0 aliphatic heterocycles. The summed E-state index contributed by atoms with van der Waals surface area (Å²) in [6.45, 7) is 0. The molecule has 7 N–H and O–H groups in total. The summed E-state index contributed by atoms with van der Waals surface area (Å²) in [4.78, 5) is 0. The van der Waals surface area contributed by atoms with E-state index in [1.807, 2.05) is 0 Å². The predicted molar refractivity (Wildman–Crippen MR) is 41.2 cm³/mol. The summed E-state index contributed by atoms with van der Waals surface area (Å²) in [7, 11) is 0. The summed E-state index contributed by atoms with van der Waals surface area (Å²) in [5.74, 6) is -0.115. The Morgan fingerprint density at radius 3 is 2.38 bits per heavy atom. The Kier molecular flexibility index (Phi) is 1.09. The van der Waals surface area contributed by atoms with E-state index in [2.05, 4.69) is 0 Å². The molecular weight excluding hydrogens is 178 g/mol. The maximum absolute atomic E-state index is 9.23. The summed E-state index contributed by atoms with van der Waals surface area (Å²) in [5.41, 5.74) is 9.93. The first kappa shape index (κ1) is 7.40. The number of hydrogen-bond acceptors (Lipinski definition) is 6. The second-order valence-electron chi connectivity index (χ2n) is 2.48. The van der Waals surface area contributed by atoms with Crippen LogP contribution in [0.25, 0.3) is 11.2 Å². The van der Waals surface area contributed by atoms with Crippen molar-refractivity contribution in [1.82, 2.24) is 9.46 Å². The van der Waals surface area contributed by atoms with Gasteiger partial charge in [-0.3, -0.25) is 5.41 Å². The third-order valence-electron chi connectivity index (χ3n) is 1.74. The van der Waals surface area contributed by atoms with E-state index in [4.69, 9.17) is 26.5 Å². The zero-order valence-corrected chi connectivity index (χ0v) is 6.35. The average Bonchev–Trinajstić information content (AvgIpc) is 2.48. The molecule has 0 saturated carbocycles. The lowest BCUT2D eigenvalue weighted by Gasteiger charge is -1.91. The summed E-state index contributed by atoms with van der Waals surface area (Å²) in [5, 5.41) is 25.5. The maximum atomic E-state index is 9.23. The van der Waals surface area contributed by atoms with Gasteiger partial charge in [0.25, 0.3) is 11.3 Å². The van der Waals surface area contributed by atoms with Gasteiger partial charge in [0.05, 0.1) is 0 Å². The molecule has 8 nitrogen and oxygen atoms in total. The number of fused-ring (bicyclic) bond motifs is 1. The van der Waals surface area contributed by atoms with Gasteiger partial charge in [0, 0.05) is 0 Å². The van der Waals surface area contributed by atoms with Crippen molar-refractivity contribution < 1.29 is 14.8 Å². The van der Waals surface area contributed by atoms with Crippen LogP contribution in [0.1, 0.15) is 0 Å². The molecule has 0 amide bonds. The number of anilines is 2. The van der Waals surface area contributed by atoms with Crippen LogP contribution < -0.4 is 17.1 Å². The van der Waals surface area contributed by atoms with Gasteiger partial charge >= 0.3 is 0 Å². The molecule has 2 rings (SSSR count). The molecule has 0 unspecified atom stereocenters. The Balaban J connectivity index is 3.10. The molecule has 0 aromatic carbocycles. The fourth-order valence-electron chi connectivity index (χ4n) is 1.08. The van der Waals surface area contributed by atoms with Crippen LogP contribution in [0.5, 0.6) is 0 Å². The second kappa shape index (κ2) is 1.91. The number of hydrogen-bond donors (Lipinski definition) is 5. The SMILES string of the molecule is N=c1n(O)c2oc(N)c(N)c2n1O. The third kappa shape index (κ3) is 0.662. The Morgan fingerprint density at radius 1 is 1.23 bits per heavy atom. The molecule has 0 aliphatic rings. The predicted octanol–water partition coefficient (Wildman–Crippen LogP) is -0.846. The summed E-state index contributed by atoms with van der Waals surface area (Å²) >= 11 is 0. The summed E-state index contributed by atoms with van der Waals surface area (Å²) in [6, 6.07) is 0. The van der Waals surface area contributed by atoms with Crippen LogP contribution >= 0.6 is 0 Å². The first-order chi connectivity index (χ1) is 6.04. The molecular formula is C5H7N5O3. The minimum Gasteiger partial charge on any atom is -0.425 e. The number of furan rings is 1. The molecule has 2 aromatic rings. The fourth-order valence-corrected chi connectivity index (χ4v) is 1.08. The maximum Gasteiger partial charge on any atom is 0.273 e. The van der Waals surface area contributed by atoms with E-state index in [1.54, 1.807) is 0 Å². The number of imidazole rings is 1. The monoisotopic (exact) mass is 185 g/mol. The smallest absolute Gasteiger partial charge is 0.273 e. The zero-order chi connectivity index (χ0) is 9.75. The summed E-state index contributed by atoms with van der Waals surface area (Å²) < 4.78 is 5.51. The van der Waals surface area contributed by atoms with Crippen molar-refractivity contribution in [3.8, 4) is 0 Å². The Labute approximate surface area is 70.6 Å². The van der Waals surface area contributed by atoms with Crippen molar-refractivity contribution in [3.63, 3.8) is 0 Å². The van der Waals surface area contributed by atoms with E-state index in [-0.39, 0.29) is 22.8 Å². The van der Waals surface area contributed by atoms with Gasteiger partial charge in [0.1, 0.15) is 5.69 Å². The van der Waals surface area contributed by atoms with Crippen LogP contribution in [0.2, 0.25) is 0 Å². The van der Waals surface area contributed by atoms with Crippen molar-refractivity contribution in [1.29, 1.82) is 5.41 Å². The van der Waals surface area contributed by atoms with E-state index >= 15 is 0 Å². The zero-order valence-electron chi connectivity index (χ0n) is 6.35. The highest BCUT2D eigenvalue weighted by atomic mass is 16.5. The van der Waals surface area contributed by atoms with Gasteiger partial charge in [-0.1, -0.05) is 0 Å². The quantitative estimate of drug-likeness (QED) is 0.340. The Morgan fingerprint density at radius 2 is 1.85 bits per heavy atom. The molecule has 0 atom stereocenters. The first-order valence-corrected chi connectivity index (χ1v) is 3.28. The van der Waals surface area contributed by atoms with E-state index < -0.39 is 5.62 Å². The highest BCUT2D eigenvalue weighted by Gasteiger charge is 2.19. The Hall–Kier alpha value is -2.25. The van der Waals surface area contributed by atoms with Crippen LogP contribution in [-0.4, -0.2) is 19.9 Å². The molecule has 2 heterocycles. The van der Waals surface area contributed by atoms with Crippen LogP contribution in [0.15, 0.2) is 4.42 Å². The number of nitrogen functional groups attached to an aromatic ring is 2. The number of aromatic nitrogens is 2. The standard InChI is InChI=1S/C5H7N5O3/c6-1-2-4(13-3(1)7)10(12)5(8)9(2)11/h8,11-12H,6-7H2. The number of nitrogens with two attached hydrogens (primary N) is 2. The van der Waals surface area contributed by atoms with Gasteiger partial charge in [0.15, 0.2) is 5.52 Å². The number of nitrogens with one attached hydrogen (secondary N) is 1. The lowest BCUT2D eigenvalue weighted by molar-refractivity contribution is 0.126. The molecule has 13 heavy (non-hydrogen) atoms. The van der Waals surface area contributed by atoms with E-state index in [0.29, 0.717) is 9.46 Å². The van der Waals surface area contributed by atoms with Gasteiger partial charge in [-0.15, -0.1) is 9.46 Å². The molecule has 0 spiro atoms. The van der Waals surface area contributed by atoms with E-state index in [0.717, 1.165) is 0 Å². The third-order valence-corrected chi connectivity index (χ3v) is 1.74. The topological polar surface area (TPSA) is 139 Å². The highest BCUT2D eigenvalue weighted by molar-refractivity contribution is 5.90. The van der Waals surface area contributed by atoms with E-state index in [1.165, 1.54) is 0 Å². The Bertz CT molecular complexity index is 532. The molecule has 0 bridgehead atoms. The van der Waals surface area contributed by atoms with Crippen LogP contribution in [-0.2, 0) is 0 Å². The van der Waals surface area contributed by atoms with Crippen LogP contribution in [0, 0.1) is 5.41 Å². The molecule has 8 heteroatoms. The van der Waals surface area contributed by atoms with Crippen molar-refractivity contribution in [2.24, 2.45) is 0 Å². The fraction of sp³-hybridized carbons (Fsp3) is 0. The minimum atomic E-state index is -0.569. The van der Waals surface area contributed by atoms with Gasteiger partial charge in [0.2, 0.25) is 5.88 Å². The molecule has 0 aliphatic carbocycles. The molecule has 70 valence electrons. The summed E-state index contributed by atoms with van der Waals surface area (Å²) in [6.07, 6.45) is 0. The molecule has 0 radical (unpaired) electrons. The van der Waals surface area contributed by atoms with Crippen LogP contribution in [0.4, 0.5) is 11.6 Å². The van der Waals surface area contributed by atoms with Crippen molar-refractivity contribution in [3.05, 3.63) is 5.62 Å². The minimum absolute atomic E-state index is 0.0150. The second-order valence-corrected chi connectivity index (χ2v) is 2.48. The van der Waals surface area contributed by atoms with Gasteiger partial charge < -0.3 is 26.3 Å². The number of rotatable bonds is 0. The first-order valence-electron chi connectivity index (χ1n) is 3.28. The van der Waals surface area contributed by atoms with Crippen molar-refractivity contribution >= 4 is 22.8 Å². The van der Waals surface area contributed by atoms with Crippen LogP contribution in [0.3, 0.4) is 0 Å². The normalized spacial score (nSPS) is 11.1. The lowest BCUT2D eigenvalue weighted by atomic mass is 10.4. The van der Waals surface area contributed by atoms with E-state index in [9.17, 15) is 5.21 Å². The molecule has 0 fully saturated rings. The molecule has 2 aromatic heterocycles. The van der Waals surface area contributed by atoms with Crippen molar-refractivity contribution in [2.75, 3.05) is 11.5 Å². The van der Waals surface area contributed by atoms with Crippen molar-refractivity contribution in [2.45, 2.75) is 0 Å². The molecule has 0 saturated heterocycles. The highest BCUT2D eigenvalue weighted by Crippen LogP contribution is 2.28. The average molecular weight is 185 g/mol. The van der Waals surface area contributed by atoms with Gasteiger partial charge in [-0.25, -0.2) is 0 Å². The number of nitrogens with zero attached hydrogens (tertiary/aromatic N) is 2. The van der Waals surface area contributed by atoms with Gasteiger partial charge in [-0.2, -0.15) is 0 Å².